The maximum absolute atomic E-state index is 12.0. The van der Waals surface area contributed by atoms with Crippen molar-refractivity contribution in [2.45, 2.75) is 26.4 Å². The zero-order chi connectivity index (χ0) is 19.7. The van der Waals surface area contributed by atoms with Gasteiger partial charge in [-0.1, -0.05) is 13.0 Å². The quantitative estimate of drug-likeness (QED) is 0.628. The van der Waals surface area contributed by atoms with E-state index in [1.165, 1.54) is 0 Å². The summed E-state index contributed by atoms with van der Waals surface area (Å²) in [5.74, 6) is 2.17. The molecule has 0 atom stereocenters. The first-order chi connectivity index (χ1) is 13.6. The molecule has 6 nitrogen and oxygen atoms in total. The van der Waals surface area contributed by atoms with Gasteiger partial charge in [0.15, 0.2) is 11.5 Å². The summed E-state index contributed by atoms with van der Waals surface area (Å²) in [6, 6.07) is 11.4. The Balaban J connectivity index is 1.66. The minimum atomic E-state index is -0.324. The number of rotatable bonds is 5. The van der Waals surface area contributed by atoms with Crippen molar-refractivity contribution >= 4 is 11.0 Å². The number of nitrogens with zero attached hydrogens (tertiary/aromatic N) is 1. The first kappa shape index (κ1) is 18.4. The smallest absolute Gasteiger partial charge is 0.336 e. The maximum atomic E-state index is 12.0. The predicted molar refractivity (Wildman–Crippen MR) is 106 cm³/mol. The first-order valence-electron chi connectivity index (χ1n) is 9.27. The van der Waals surface area contributed by atoms with Crippen LogP contribution in [0.3, 0.4) is 0 Å². The lowest BCUT2D eigenvalue weighted by molar-refractivity contribution is 0.0889. The molecule has 1 aliphatic heterocycles. The highest BCUT2D eigenvalue weighted by Crippen LogP contribution is 2.34. The van der Waals surface area contributed by atoms with Gasteiger partial charge in [-0.2, -0.15) is 0 Å². The lowest BCUT2D eigenvalue weighted by Crippen LogP contribution is -2.31. The molecule has 0 bridgehead atoms. The van der Waals surface area contributed by atoms with Crippen LogP contribution < -0.4 is 19.8 Å². The largest absolute Gasteiger partial charge is 0.493 e. The molecule has 3 aromatic rings. The van der Waals surface area contributed by atoms with Crippen LogP contribution in [0.4, 0.5) is 0 Å². The summed E-state index contributed by atoms with van der Waals surface area (Å²) in [6.45, 7) is 3.81. The number of hydrogen-bond donors (Lipinski definition) is 0. The Morgan fingerprint density at radius 3 is 2.64 bits per heavy atom. The minimum absolute atomic E-state index is 0.324. The molecule has 1 aromatic heterocycles. The summed E-state index contributed by atoms with van der Waals surface area (Å²) >= 11 is 0. The van der Waals surface area contributed by atoms with E-state index in [1.54, 1.807) is 20.3 Å². The van der Waals surface area contributed by atoms with E-state index < -0.39 is 0 Å². The summed E-state index contributed by atoms with van der Waals surface area (Å²) in [6.07, 6.45) is 0.775. The van der Waals surface area contributed by atoms with Crippen LogP contribution in [0.15, 0.2) is 45.6 Å². The van der Waals surface area contributed by atoms with E-state index in [9.17, 15) is 4.79 Å². The molecule has 2 heterocycles. The van der Waals surface area contributed by atoms with E-state index in [0.29, 0.717) is 36.9 Å². The fourth-order valence-corrected chi connectivity index (χ4v) is 3.68. The van der Waals surface area contributed by atoms with Crippen molar-refractivity contribution in [3.8, 4) is 17.2 Å². The summed E-state index contributed by atoms with van der Waals surface area (Å²) in [4.78, 5) is 14.2. The first-order valence-corrected chi connectivity index (χ1v) is 9.27. The SMILES string of the molecule is CCc1cc(=O)oc2c3c(ccc12)OCN(Cc1ccc(OC)c(OC)c1)C3. The molecule has 4 rings (SSSR count). The maximum Gasteiger partial charge on any atom is 0.336 e. The Bertz CT molecular complexity index is 1070. The van der Waals surface area contributed by atoms with Crippen molar-refractivity contribution in [3.63, 3.8) is 0 Å². The number of ether oxygens (including phenoxy) is 3. The Kier molecular flexibility index (Phi) is 4.96. The lowest BCUT2D eigenvalue weighted by Gasteiger charge is -2.29. The Morgan fingerprint density at radius 1 is 1.07 bits per heavy atom. The van der Waals surface area contributed by atoms with Crippen molar-refractivity contribution in [1.29, 1.82) is 0 Å². The number of fused-ring (bicyclic) bond motifs is 3. The Labute approximate surface area is 163 Å². The average Bonchev–Trinajstić information content (AvgIpc) is 2.72. The summed E-state index contributed by atoms with van der Waals surface area (Å²) in [5.41, 5.74) is 3.29. The van der Waals surface area contributed by atoms with Crippen LogP contribution in [0.2, 0.25) is 0 Å². The third-order valence-electron chi connectivity index (χ3n) is 5.08. The Hall–Kier alpha value is -2.99. The second kappa shape index (κ2) is 7.56. The van der Waals surface area contributed by atoms with Gasteiger partial charge in [-0.25, -0.2) is 4.79 Å². The minimum Gasteiger partial charge on any atom is -0.493 e. The molecule has 28 heavy (non-hydrogen) atoms. The molecule has 0 aliphatic carbocycles. The van der Waals surface area contributed by atoms with Crippen molar-refractivity contribution in [2.24, 2.45) is 0 Å². The number of methoxy groups -OCH3 is 2. The zero-order valence-electron chi connectivity index (χ0n) is 16.3. The molecule has 0 spiro atoms. The highest BCUT2D eigenvalue weighted by atomic mass is 16.5. The number of aryl methyl sites for hydroxylation is 1. The van der Waals surface area contributed by atoms with Gasteiger partial charge in [-0.15, -0.1) is 0 Å². The van der Waals surface area contributed by atoms with E-state index in [0.717, 1.165) is 34.2 Å². The topological polar surface area (TPSA) is 61.1 Å². The molecular formula is C22H23NO5. The fourth-order valence-electron chi connectivity index (χ4n) is 3.68. The molecule has 146 valence electrons. The molecule has 2 aromatic carbocycles. The highest BCUT2D eigenvalue weighted by Gasteiger charge is 2.22. The van der Waals surface area contributed by atoms with E-state index in [1.807, 2.05) is 37.3 Å². The molecule has 1 aliphatic rings. The summed E-state index contributed by atoms with van der Waals surface area (Å²) in [5, 5.41) is 0.970. The van der Waals surface area contributed by atoms with Crippen molar-refractivity contribution in [2.75, 3.05) is 21.0 Å². The third kappa shape index (κ3) is 3.31. The molecule has 0 saturated heterocycles. The van der Waals surface area contributed by atoms with Crippen LogP contribution in [-0.4, -0.2) is 25.9 Å². The normalized spacial score (nSPS) is 13.8. The van der Waals surface area contributed by atoms with Gasteiger partial charge >= 0.3 is 5.63 Å². The van der Waals surface area contributed by atoms with Gasteiger partial charge in [-0.3, -0.25) is 4.90 Å². The third-order valence-corrected chi connectivity index (χ3v) is 5.08. The van der Waals surface area contributed by atoms with Crippen LogP contribution >= 0.6 is 0 Å². The van der Waals surface area contributed by atoms with E-state index >= 15 is 0 Å². The van der Waals surface area contributed by atoms with Crippen LogP contribution in [-0.2, 0) is 19.5 Å². The second-order valence-electron chi connectivity index (χ2n) is 6.81. The van der Waals surface area contributed by atoms with Crippen molar-refractivity contribution < 1.29 is 18.6 Å². The number of hydrogen-bond acceptors (Lipinski definition) is 6. The van der Waals surface area contributed by atoms with E-state index in [-0.39, 0.29) is 5.63 Å². The predicted octanol–water partition coefficient (Wildman–Crippen LogP) is 3.72. The van der Waals surface area contributed by atoms with Gasteiger partial charge in [0.1, 0.15) is 18.1 Å². The average molecular weight is 381 g/mol. The number of benzene rings is 2. The van der Waals surface area contributed by atoms with Gasteiger partial charge in [0.05, 0.1) is 19.8 Å². The monoisotopic (exact) mass is 381 g/mol. The second-order valence-corrected chi connectivity index (χ2v) is 6.81. The molecule has 0 N–H and O–H groups in total. The molecule has 0 saturated carbocycles. The zero-order valence-corrected chi connectivity index (χ0v) is 16.3. The van der Waals surface area contributed by atoms with Gasteiger partial charge in [0.25, 0.3) is 0 Å². The fraction of sp³-hybridized carbons (Fsp3) is 0.318. The van der Waals surface area contributed by atoms with Crippen molar-refractivity contribution in [3.05, 3.63) is 63.5 Å². The van der Waals surface area contributed by atoms with Gasteiger partial charge in [0.2, 0.25) is 0 Å². The highest BCUT2D eigenvalue weighted by molar-refractivity contribution is 5.85. The standard InChI is InChI=1S/C22H23NO5/c1-4-15-10-21(24)28-22-16(15)6-8-18-17(22)12-23(13-27-18)11-14-5-7-19(25-2)20(9-14)26-3/h5-10H,4,11-13H2,1-3H3. The van der Waals surface area contributed by atoms with Crippen LogP contribution in [0.25, 0.3) is 11.0 Å². The molecule has 0 radical (unpaired) electrons. The summed E-state index contributed by atoms with van der Waals surface area (Å²) < 4.78 is 22.2. The van der Waals surface area contributed by atoms with Gasteiger partial charge in [0, 0.05) is 24.5 Å². The molecule has 6 heteroatoms. The van der Waals surface area contributed by atoms with Crippen LogP contribution in [0.1, 0.15) is 23.6 Å². The van der Waals surface area contributed by atoms with Gasteiger partial charge in [-0.05, 0) is 41.8 Å². The van der Waals surface area contributed by atoms with Crippen molar-refractivity contribution in [1.82, 2.24) is 4.90 Å². The van der Waals surface area contributed by atoms with E-state index in [2.05, 4.69) is 4.90 Å². The van der Waals surface area contributed by atoms with Crippen LogP contribution in [0.5, 0.6) is 17.2 Å². The Morgan fingerprint density at radius 2 is 1.89 bits per heavy atom. The van der Waals surface area contributed by atoms with Gasteiger partial charge < -0.3 is 18.6 Å². The lowest BCUT2D eigenvalue weighted by atomic mass is 10.0. The molecule has 0 amide bonds. The molecule has 0 fully saturated rings. The molecular weight excluding hydrogens is 358 g/mol. The summed E-state index contributed by atoms with van der Waals surface area (Å²) in [7, 11) is 3.25. The molecule has 0 unspecified atom stereocenters. The van der Waals surface area contributed by atoms with Crippen LogP contribution in [0, 0.1) is 0 Å². The van der Waals surface area contributed by atoms with E-state index in [4.69, 9.17) is 18.6 Å².